The van der Waals surface area contributed by atoms with E-state index in [1.54, 1.807) is 4.90 Å². The van der Waals surface area contributed by atoms with E-state index in [1.165, 1.54) is 0 Å². The van der Waals surface area contributed by atoms with Gasteiger partial charge in [-0.3, -0.25) is 9.08 Å². The molecule has 1 saturated carbocycles. The molecule has 1 saturated heterocycles. The van der Waals surface area contributed by atoms with E-state index in [1.807, 2.05) is 20.8 Å². The molecule has 2 rings (SSSR count). The fraction of sp³-hybridized carbons (Fsp3) is 0.917. The summed E-state index contributed by atoms with van der Waals surface area (Å²) >= 11 is 0. The Labute approximate surface area is 114 Å². The van der Waals surface area contributed by atoms with Crippen LogP contribution in [-0.2, 0) is 19.0 Å². The number of ether oxygens (including phenoxy) is 1. The fourth-order valence-corrected chi connectivity index (χ4v) is 2.91. The second-order valence-electron chi connectivity index (χ2n) is 6.33. The van der Waals surface area contributed by atoms with Crippen molar-refractivity contribution in [1.29, 1.82) is 0 Å². The van der Waals surface area contributed by atoms with Crippen LogP contribution in [0.4, 0.5) is 4.79 Å². The number of rotatable bonds is 3. The van der Waals surface area contributed by atoms with E-state index in [9.17, 15) is 13.2 Å². The second kappa shape index (κ2) is 4.63. The van der Waals surface area contributed by atoms with Gasteiger partial charge in [0.2, 0.25) is 0 Å². The van der Waals surface area contributed by atoms with E-state index < -0.39 is 15.7 Å². The van der Waals surface area contributed by atoms with E-state index in [4.69, 9.17) is 8.92 Å². The van der Waals surface area contributed by atoms with Crippen molar-refractivity contribution in [2.24, 2.45) is 5.92 Å². The highest BCUT2D eigenvalue weighted by Crippen LogP contribution is 2.48. The quantitative estimate of drug-likeness (QED) is 0.734. The summed E-state index contributed by atoms with van der Waals surface area (Å²) < 4.78 is 32.2. The molecule has 1 heterocycles. The summed E-state index contributed by atoms with van der Waals surface area (Å²) in [5, 5.41) is 0. The highest BCUT2D eigenvalue weighted by atomic mass is 32.2. The van der Waals surface area contributed by atoms with Crippen LogP contribution in [0.15, 0.2) is 0 Å². The number of carbonyl (C=O) groups excluding carboxylic acids is 1. The number of carbonyl (C=O) groups is 1. The molecule has 0 spiro atoms. The zero-order valence-corrected chi connectivity index (χ0v) is 12.6. The Hall–Kier alpha value is -0.820. The van der Waals surface area contributed by atoms with Gasteiger partial charge >= 0.3 is 6.09 Å². The van der Waals surface area contributed by atoms with Gasteiger partial charge in [0, 0.05) is 6.04 Å². The van der Waals surface area contributed by atoms with Crippen LogP contribution in [0.2, 0.25) is 0 Å². The van der Waals surface area contributed by atoms with E-state index in [0.29, 0.717) is 5.92 Å². The minimum absolute atomic E-state index is 0.0189. The first-order chi connectivity index (χ1) is 8.57. The van der Waals surface area contributed by atoms with Crippen molar-refractivity contribution in [2.45, 2.75) is 51.3 Å². The van der Waals surface area contributed by atoms with E-state index in [-0.39, 0.29) is 24.8 Å². The van der Waals surface area contributed by atoms with Gasteiger partial charge in [-0.1, -0.05) is 0 Å². The van der Waals surface area contributed by atoms with Gasteiger partial charge in [0.1, 0.15) is 5.60 Å². The van der Waals surface area contributed by atoms with Crippen molar-refractivity contribution in [3.05, 3.63) is 0 Å². The summed E-state index contributed by atoms with van der Waals surface area (Å²) in [7, 11) is -3.48. The van der Waals surface area contributed by atoms with Crippen LogP contribution in [0, 0.1) is 5.92 Å². The Bertz CT molecular complexity index is 467. The number of likely N-dealkylation sites (tertiary alicyclic amines) is 1. The van der Waals surface area contributed by atoms with Crippen LogP contribution >= 0.6 is 0 Å². The Morgan fingerprint density at radius 3 is 2.47 bits per heavy atom. The molecule has 0 aromatic heterocycles. The van der Waals surface area contributed by atoms with Crippen LogP contribution in [0.5, 0.6) is 0 Å². The number of nitrogens with zero attached hydrogens (tertiary/aromatic N) is 1. The molecule has 3 atom stereocenters. The van der Waals surface area contributed by atoms with Gasteiger partial charge in [-0.25, -0.2) is 4.79 Å². The van der Waals surface area contributed by atoms with Crippen molar-refractivity contribution < 1.29 is 22.1 Å². The van der Waals surface area contributed by atoms with E-state index in [0.717, 1.165) is 19.1 Å². The molecule has 1 aliphatic heterocycles. The minimum atomic E-state index is -3.48. The molecule has 2 aliphatic rings. The first-order valence-electron chi connectivity index (χ1n) is 6.42. The number of amides is 1. The lowest BCUT2D eigenvalue weighted by molar-refractivity contribution is 0.0141. The van der Waals surface area contributed by atoms with Crippen LogP contribution in [-0.4, -0.2) is 50.0 Å². The van der Waals surface area contributed by atoms with Crippen molar-refractivity contribution in [3.63, 3.8) is 0 Å². The molecule has 110 valence electrons. The highest BCUT2D eigenvalue weighted by Gasteiger charge is 2.55. The maximum absolute atomic E-state index is 12.1. The molecule has 2 fully saturated rings. The monoisotopic (exact) mass is 291 g/mol. The molecular formula is C12H21NO5S. The lowest BCUT2D eigenvalue weighted by Crippen LogP contribution is -2.44. The van der Waals surface area contributed by atoms with Gasteiger partial charge in [0.05, 0.1) is 18.9 Å². The molecule has 1 aliphatic carbocycles. The molecule has 0 aromatic carbocycles. The average molecular weight is 291 g/mol. The maximum atomic E-state index is 12.1. The summed E-state index contributed by atoms with van der Waals surface area (Å²) in [6, 6.07) is -0.00339. The van der Waals surface area contributed by atoms with Crippen molar-refractivity contribution >= 4 is 16.2 Å². The predicted molar refractivity (Wildman–Crippen MR) is 69.2 cm³/mol. The molecule has 0 aromatic rings. The largest absolute Gasteiger partial charge is 0.444 e. The van der Waals surface area contributed by atoms with E-state index >= 15 is 0 Å². The Balaban J connectivity index is 1.98. The zero-order valence-electron chi connectivity index (χ0n) is 11.8. The highest BCUT2D eigenvalue weighted by molar-refractivity contribution is 7.85. The van der Waals surface area contributed by atoms with Crippen LogP contribution < -0.4 is 0 Å². The lowest BCUT2D eigenvalue weighted by atomic mass is 10.2. The summed E-state index contributed by atoms with van der Waals surface area (Å²) in [4.78, 5) is 13.8. The minimum Gasteiger partial charge on any atom is -0.444 e. The van der Waals surface area contributed by atoms with Crippen molar-refractivity contribution in [3.8, 4) is 0 Å². The summed E-state index contributed by atoms with van der Waals surface area (Å²) in [5.74, 6) is 0.473. The molecule has 0 radical (unpaired) electrons. The molecule has 1 amide bonds. The average Bonchev–Trinajstić information content (AvgIpc) is 2.83. The van der Waals surface area contributed by atoms with Gasteiger partial charge in [-0.2, -0.15) is 8.42 Å². The van der Waals surface area contributed by atoms with E-state index in [2.05, 4.69) is 0 Å². The summed E-state index contributed by atoms with van der Waals surface area (Å²) in [5.41, 5.74) is -0.549. The SMILES string of the molecule is CC(C)(C)OC(=O)N1[C@H](COS(C)(=O)=O)C[C@H]2C[C@H]21. The van der Waals surface area contributed by atoms with Crippen LogP contribution in [0.25, 0.3) is 0 Å². The second-order valence-corrected chi connectivity index (χ2v) is 7.97. The van der Waals surface area contributed by atoms with Gasteiger partial charge in [-0.05, 0) is 39.5 Å². The van der Waals surface area contributed by atoms with Gasteiger partial charge in [0.25, 0.3) is 10.1 Å². The van der Waals surface area contributed by atoms with Crippen molar-refractivity contribution in [1.82, 2.24) is 4.90 Å². The Morgan fingerprint density at radius 1 is 1.32 bits per heavy atom. The number of piperidine rings is 1. The predicted octanol–water partition coefficient (Wildman–Crippen LogP) is 1.36. The lowest BCUT2D eigenvalue weighted by Gasteiger charge is -2.30. The zero-order chi connectivity index (χ0) is 14.4. The molecule has 0 N–H and O–H groups in total. The third-order valence-corrected chi connectivity index (χ3v) is 3.85. The van der Waals surface area contributed by atoms with Gasteiger partial charge in [0.15, 0.2) is 0 Å². The normalized spacial score (nSPS) is 30.1. The fourth-order valence-electron chi connectivity index (χ4n) is 2.51. The number of fused-ring (bicyclic) bond motifs is 1. The summed E-state index contributed by atoms with van der Waals surface area (Å²) in [6.45, 7) is 5.46. The molecule has 7 heteroatoms. The third kappa shape index (κ3) is 3.82. The smallest absolute Gasteiger partial charge is 0.410 e. The number of hydrogen-bond acceptors (Lipinski definition) is 5. The van der Waals surface area contributed by atoms with Crippen LogP contribution in [0.1, 0.15) is 33.6 Å². The molecular weight excluding hydrogens is 270 g/mol. The molecule has 0 unspecified atom stereocenters. The Kier molecular flexibility index (Phi) is 3.55. The van der Waals surface area contributed by atoms with Crippen molar-refractivity contribution in [2.75, 3.05) is 12.9 Å². The molecule has 6 nitrogen and oxygen atoms in total. The van der Waals surface area contributed by atoms with Crippen LogP contribution in [0.3, 0.4) is 0 Å². The standard InChI is InChI=1S/C12H21NO5S/c1-12(2,3)18-11(14)13-9(5-8-6-10(8)13)7-17-19(4,15)16/h8-10H,5-7H2,1-4H3/t8-,9-,10+/m0/s1. The topological polar surface area (TPSA) is 72.9 Å². The first kappa shape index (κ1) is 14.6. The van der Waals surface area contributed by atoms with Gasteiger partial charge < -0.3 is 4.74 Å². The van der Waals surface area contributed by atoms with Gasteiger partial charge in [-0.15, -0.1) is 0 Å². The Morgan fingerprint density at radius 2 is 1.95 bits per heavy atom. The molecule has 0 bridgehead atoms. The maximum Gasteiger partial charge on any atom is 0.410 e. The first-order valence-corrected chi connectivity index (χ1v) is 8.24. The summed E-state index contributed by atoms with van der Waals surface area (Å²) in [6.07, 6.45) is 2.41. The third-order valence-electron chi connectivity index (χ3n) is 3.29. The number of hydrogen-bond donors (Lipinski definition) is 0. The molecule has 19 heavy (non-hydrogen) atoms.